The smallest absolute Gasteiger partial charge is 0.334 e. The van der Waals surface area contributed by atoms with Gasteiger partial charge in [-0.1, -0.05) is 38.5 Å². The predicted octanol–water partition coefficient (Wildman–Crippen LogP) is 2.20. The molecule has 2 bridgehead atoms. The number of aliphatic hydroxyl groups is 4. The quantitative estimate of drug-likeness (QED) is 0.260. The fourth-order valence-electron chi connectivity index (χ4n) is 7.86. The van der Waals surface area contributed by atoms with Crippen LogP contribution < -0.4 is 0 Å². The van der Waals surface area contributed by atoms with Gasteiger partial charge in [0, 0.05) is 29.7 Å². The van der Waals surface area contributed by atoms with E-state index in [9.17, 15) is 30.0 Å². The van der Waals surface area contributed by atoms with Crippen LogP contribution in [0, 0.1) is 28.6 Å². The Hall–Kier alpha value is -2.00. The van der Waals surface area contributed by atoms with Crippen LogP contribution in [-0.4, -0.2) is 68.5 Å². The molecule has 0 aromatic carbocycles. The first-order valence-electron chi connectivity index (χ1n) is 12.7. The summed E-state index contributed by atoms with van der Waals surface area (Å²) in [7, 11) is 0. The Morgan fingerprint density at radius 3 is 2.28 bits per heavy atom. The lowest BCUT2D eigenvalue weighted by molar-refractivity contribution is -0.224. The summed E-state index contributed by atoms with van der Waals surface area (Å²) in [5.74, 6) is -2.48. The van der Waals surface area contributed by atoms with E-state index in [1.807, 2.05) is 20.8 Å². The van der Waals surface area contributed by atoms with Crippen molar-refractivity contribution in [2.24, 2.45) is 28.6 Å². The van der Waals surface area contributed by atoms with Crippen LogP contribution in [0.1, 0.15) is 61.8 Å². The van der Waals surface area contributed by atoms with E-state index in [0.29, 0.717) is 17.6 Å². The van der Waals surface area contributed by atoms with Gasteiger partial charge >= 0.3 is 11.9 Å². The molecule has 2 saturated carbocycles. The molecule has 0 radical (unpaired) electrons. The Morgan fingerprint density at radius 1 is 1.14 bits per heavy atom. The summed E-state index contributed by atoms with van der Waals surface area (Å²) in [6.07, 6.45) is -0.358. The van der Waals surface area contributed by atoms with Crippen molar-refractivity contribution in [1.82, 2.24) is 0 Å². The van der Waals surface area contributed by atoms with Gasteiger partial charge in [0.15, 0.2) is 6.10 Å². The van der Waals surface area contributed by atoms with Gasteiger partial charge in [0.1, 0.15) is 17.3 Å². The summed E-state index contributed by atoms with van der Waals surface area (Å²) < 4.78 is 11.8. The molecular weight excluding hydrogens is 464 g/mol. The number of carbonyl (C=O) groups is 2. The van der Waals surface area contributed by atoms with E-state index in [-0.39, 0.29) is 11.5 Å². The third-order valence-corrected chi connectivity index (χ3v) is 9.89. The van der Waals surface area contributed by atoms with E-state index in [2.05, 4.69) is 0 Å². The molecule has 36 heavy (non-hydrogen) atoms. The van der Waals surface area contributed by atoms with Gasteiger partial charge in [-0.3, -0.25) is 4.79 Å². The predicted molar refractivity (Wildman–Crippen MR) is 131 cm³/mol. The second kappa shape index (κ2) is 8.25. The molecule has 0 aliphatic heterocycles. The molecule has 2 fully saturated rings. The molecule has 4 N–H and O–H groups in total. The lowest BCUT2D eigenvalue weighted by atomic mass is 9.58. The number of allylic oxidation sites excluding steroid dienone is 1. The highest BCUT2D eigenvalue weighted by atomic mass is 16.6. The van der Waals surface area contributed by atoms with Gasteiger partial charge in [-0.05, 0) is 51.2 Å². The standard InChI is InChI=1S/C28H40O8/c1-13(2)16(5)24(33)35-23-14(3)10-26-15(4)11-27(36-17(6)30)20(25(27,7)8)19(22(26)32)9-18(12-29)21(31)28(23,26)34/h9-10,15,19-23,29,31-32,34H,11-12H2,1-8H3/t15-,19+,20-,21-,22?,23+,26+,27+,28+/m1/s1. The fraction of sp³-hybridized carbons (Fsp3) is 0.714. The first kappa shape index (κ1) is 27.0. The highest BCUT2D eigenvalue weighted by molar-refractivity contribution is 5.89. The number of ether oxygens (including phenoxy) is 2. The molecular formula is C28H40O8. The average molecular weight is 505 g/mol. The van der Waals surface area contributed by atoms with Crippen molar-refractivity contribution >= 4 is 11.9 Å². The maximum absolute atomic E-state index is 13.0. The second-order valence-electron chi connectivity index (χ2n) is 12.2. The zero-order chi connectivity index (χ0) is 27.2. The Bertz CT molecular complexity index is 1080. The summed E-state index contributed by atoms with van der Waals surface area (Å²) in [5.41, 5.74) is -3.17. The summed E-state index contributed by atoms with van der Waals surface area (Å²) in [6.45, 7) is 13.5. The van der Waals surface area contributed by atoms with Gasteiger partial charge < -0.3 is 29.9 Å². The van der Waals surface area contributed by atoms with E-state index in [1.165, 1.54) is 6.92 Å². The fourth-order valence-corrected chi connectivity index (χ4v) is 7.86. The van der Waals surface area contributed by atoms with E-state index in [1.54, 1.807) is 39.8 Å². The molecule has 1 spiro atoms. The van der Waals surface area contributed by atoms with Crippen molar-refractivity contribution in [2.45, 2.75) is 91.3 Å². The van der Waals surface area contributed by atoms with E-state index in [4.69, 9.17) is 9.47 Å². The summed E-state index contributed by atoms with van der Waals surface area (Å²) in [6, 6.07) is 0. The Kier molecular flexibility index (Phi) is 6.20. The first-order valence-corrected chi connectivity index (χ1v) is 12.7. The molecule has 8 heteroatoms. The van der Waals surface area contributed by atoms with Crippen molar-refractivity contribution in [3.05, 3.63) is 34.4 Å². The SMILES string of the molecule is CC(=O)O[C@@]12C[C@@H](C)[C@]34C=C(C)[C@H](OC(=O)C(C)=C(C)C)[C@@]3(O)[C@H](O)C(CO)=C[C@H](C4O)[C@@H]1C2(C)C. The largest absolute Gasteiger partial charge is 0.458 e. The second-order valence-corrected chi connectivity index (χ2v) is 12.2. The van der Waals surface area contributed by atoms with Gasteiger partial charge in [-0.2, -0.15) is 0 Å². The van der Waals surface area contributed by atoms with E-state index in [0.717, 1.165) is 5.57 Å². The van der Waals surface area contributed by atoms with Gasteiger partial charge in [-0.15, -0.1) is 0 Å². The number of carbonyl (C=O) groups excluding carboxylic acids is 2. The third-order valence-electron chi connectivity index (χ3n) is 9.89. The highest BCUT2D eigenvalue weighted by Gasteiger charge is 2.83. The monoisotopic (exact) mass is 504 g/mol. The molecule has 4 rings (SSSR count). The topological polar surface area (TPSA) is 134 Å². The van der Waals surface area contributed by atoms with Crippen molar-refractivity contribution in [1.29, 1.82) is 0 Å². The normalized spacial score (nSPS) is 44.1. The van der Waals surface area contributed by atoms with Crippen molar-refractivity contribution in [3.63, 3.8) is 0 Å². The molecule has 0 saturated heterocycles. The molecule has 4 aliphatic rings. The minimum absolute atomic E-state index is 0.139. The van der Waals surface area contributed by atoms with Gasteiger partial charge in [0.05, 0.1) is 18.1 Å². The molecule has 0 amide bonds. The van der Waals surface area contributed by atoms with Crippen LogP contribution in [0.2, 0.25) is 0 Å². The molecule has 0 aromatic rings. The van der Waals surface area contributed by atoms with Crippen LogP contribution in [0.15, 0.2) is 34.4 Å². The number of hydrogen-bond donors (Lipinski definition) is 4. The van der Waals surface area contributed by atoms with Crippen LogP contribution in [0.5, 0.6) is 0 Å². The summed E-state index contributed by atoms with van der Waals surface area (Å²) in [5, 5.41) is 46.5. The number of esters is 2. The molecule has 4 aliphatic carbocycles. The first-order chi connectivity index (χ1) is 16.5. The lowest BCUT2D eigenvalue weighted by Crippen LogP contribution is -2.67. The van der Waals surface area contributed by atoms with Crippen LogP contribution in [0.4, 0.5) is 0 Å². The zero-order valence-electron chi connectivity index (χ0n) is 22.5. The van der Waals surface area contributed by atoms with Crippen molar-refractivity contribution < 1.29 is 39.5 Å². The Balaban J connectivity index is 1.93. The summed E-state index contributed by atoms with van der Waals surface area (Å²) in [4.78, 5) is 25.2. The van der Waals surface area contributed by atoms with Gasteiger partial charge in [0.2, 0.25) is 0 Å². The number of fused-ring (bicyclic) bond motifs is 3. The maximum Gasteiger partial charge on any atom is 0.334 e. The van der Waals surface area contributed by atoms with Crippen LogP contribution in [0.3, 0.4) is 0 Å². The van der Waals surface area contributed by atoms with Crippen LogP contribution >= 0.6 is 0 Å². The lowest BCUT2D eigenvalue weighted by Gasteiger charge is -2.52. The minimum atomic E-state index is -2.16. The van der Waals surface area contributed by atoms with Crippen LogP contribution in [-0.2, 0) is 19.1 Å². The van der Waals surface area contributed by atoms with E-state index < -0.39 is 70.7 Å². The third kappa shape index (κ3) is 3.14. The van der Waals surface area contributed by atoms with Gasteiger partial charge in [-0.25, -0.2) is 4.79 Å². The molecule has 9 atom stereocenters. The Morgan fingerprint density at radius 2 is 1.75 bits per heavy atom. The number of hydrogen-bond acceptors (Lipinski definition) is 8. The average Bonchev–Trinajstić information content (AvgIpc) is 3.17. The van der Waals surface area contributed by atoms with Crippen molar-refractivity contribution in [2.75, 3.05) is 6.61 Å². The van der Waals surface area contributed by atoms with Crippen LogP contribution in [0.25, 0.3) is 0 Å². The molecule has 200 valence electrons. The highest BCUT2D eigenvalue weighted by Crippen LogP contribution is 2.76. The number of aliphatic hydroxyl groups excluding tert-OH is 3. The summed E-state index contributed by atoms with van der Waals surface area (Å²) >= 11 is 0. The Labute approximate surface area is 212 Å². The number of rotatable bonds is 4. The molecule has 1 unspecified atom stereocenters. The zero-order valence-corrected chi connectivity index (χ0v) is 22.5. The maximum atomic E-state index is 13.0. The molecule has 0 heterocycles. The van der Waals surface area contributed by atoms with E-state index >= 15 is 0 Å². The molecule has 8 nitrogen and oxygen atoms in total. The minimum Gasteiger partial charge on any atom is -0.458 e. The molecule has 0 aromatic heterocycles. The van der Waals surface area contributed by atoms with Crippen molar-refractivity contribution in [3.8, 4) is 0 Å². The van der Waals surface area contributed by atoms with Gasteiger partial charge in [0.25, 0.3) is 0 Å².